The fraction of sp³-hybridized carbons (Fsp3) is 0.0500. The first kappa shape index (κ1) is 16.6. The van der Waals surface area contributed by atoms with Gasteiger partial charge >= 0.3 is 5.69 Å². The smallest absolute Gasteiger partial charge is 0.384 e. The Morgan fingerprint density at radius 1 is 1.04 bits per heavy atom. The summed E-state index contributed by atoms with van der Waals surface area (Å²) in [6.07, 6.45) is 1.50. The summed E-state index contributed by atoms with van der Waals surface area (Å²) in [5.74, 6) is 1.13. The number of methoxy groups -OCH3 is 1. The van der Waals surface area contributed by atoms with Gasteiger partial charge in [0.1, 0.15) is 11.6 Å². The molecule has 2 aromatic heterocycles. The minimum atomic E-state index is -0.795. The lowest BCUT2D eigenvalue weighted by Crippen LogP contribution is -2.23. The van der Waals surface area contributed by atoms with Crippen molar-refractivity contribution in [1.29, 1.82) is 0 Å². The van der Waals surface area contributed by atoms with Crippen LogP contribution in [-0.2, 0) is 0 Å². The highest BCUT2D eigenvalue weighted by Gasteiger charge is 2.11. The number of anilines is 2. The molecule has 0 spiro atoms. The molecule has 7 nitrogen and oxygen atoms in total. The SMILES string of the molecule is COc1cccc(-c2ccc(Nc3nc(=O)n(O)c4ncccc34)cc2)c1. The van der Waals surface area contributed by atoms with Crippen molar-refractivity contribution in [2.24, 2.45) is 0 Å². The van der Waals surface area contributed by atoms with E-state index in [1.165, 1.54) is 6.20 Å². The Balaban J connectivity index is 1.67. The zero-order chi connectivity index (χ0) is 18.8. The Hall–Kier alpha value is -3.87. The van der Waals surface area contributed by atoms with Gasteiger partial charge < -0.3 is 15.3 Å². The quantitative estimate of drug-likeness (QED) is 0.542. The first-order valence-corrected chi connectivity index (χ1v) is 8.24. The van der Waals surface area contributed by atoms with E-state index < -0.39 is 5.69 Å². The molecule has 0 aliphatic heterocycles. The lowest BCUT2D eigenvalue weighted by molar-refractivity contribution is 0.182. The first-order valence-electron chi connectivity index (χ1n) is 8.24. The predicted molar refractivity (Wildman–Crippen MR) is 103 cm³/mol. The van der Waals surface area contributed by atoms with Crippen LogP contribution in [0.3, 0.4) is 0 Å². The van der Waals surface area contributed by atoms with Gasteiger partial charge in [-0.15, -0.1) is 4.73 Å². The van der Waals surface area contributed by atoms with Gasteiger partial charge in [0, 0.05) is 11.9 Å². The minimum Gasteiger partial charge on any atom is -0.497 e. The van der Waals surface area contributed by atoms with Crippen LogP contribution < -0.4 is 15.7 Å². The molecular formula is C20H16N4O3. The third-order valence-electron chi connectivity index (χ3n) is 4.18. The molecule has 0 saturated carbocycles. The van der Waals surface area contributed by atoms with Crippen molar-refractivity contribution in [3.63, 3.8) is 0 Å². The standard InChI is InChI=1S/C20H16N4O3/c1-27-16-5-2-4-14(12-16)13-7-9-15(10-8-13)22-18-17-6-3-11-21-19(17)24(26)20(25)23-18/h2-12,26H,1H3,(H,22,23,25). The Labute approximate surface area is 154 Å². The lowest BCUT2D eigenvalue weighted by atomic mass is 10.1. The van der Waals surface area contributed by atoms with Gasteiger partial charge in [-0.3, -0.25) is 0 Å². The minimum absolute atomic E-state index is 0.146. The molecule has 0 aliphatic rings. The molecule has 7 heteroatoms. The molecule has 0 atom stereocenters. The second-order valence-electron chi connectivity index (χ2n) is 5.86. The van der Waals surface area contributed by atoms with Crippen LogP contribution >= 0.6 is 0 Å². The van der Waals surface area contributed by atoms with Crippen molar-refractivity contribution in [2.75, 3.05) is 12.4 Å². The fourth-order valence-corrected chi connectivity index (χ4v) is 2.83. The lowest BCUT2D eigenvalue weighted by Gasteiger charge is -2.10. The number of nitrogens with zero attached hydrogens (tertiary/aromatic N) is 3. The van der Waals surface area contributed by atoms with Crippen LogP contribution in [0.15, 0.2) is 71.7 Å². The molecule has 0 aliphatic carbocycles. The average Bonchev–Trinajstić information content (AvgIpc) is 2.72. The number of nitrogens with one attached hydrogen (secondary N) is 1. The van der Waals surface area contributed by atoms with Crippen molar-refractivity contribution in [3.8, 4) is 16.9 Å². The maximum atomic E-state index is 11.9. The highest BCUT2D eigenvalue weighted by Crippen LogP contribution is 2.27. The second-order valence-corrected chi connectivity index (χ2v) is 5.86. The summed E-state index contributed by atoms with van der Waals surface area (Å²) in [5.41, 5.74) is 2.18. The number of hydrogen-bond acceptors (Lipinski definition) is 6. The van der Waals surface area contributed by atoms with Crippen LogP contribution in [0.2, 0.25) is 0 Å². The maximum absolute atomic E-state index is 11.9. The number of aromatic nitrogens is 3. The van der Waals surface area contributed by atoms with Crippen LogP contribution in [0, 0.1) is 0 Å². The van der Waals surface area contributed by atoms with Gasteiger partial charge in [0.15, 0.2) is 5.65 Å². The average molecular weight is 360 g/mol. The summed E-state index contributed by atoms with van der Waals surface area (Å²) in [6.45, 7) is 0. The molecule has 0 amide bonds. The zero-order valence-corrected chi connectivity index (χ0v) is 14.5. The van der Waals surface area contributed by atoms with Gasteiger partial charge in [0.2, 0.25) is 0 Å². The van der Waals surface area contributed by atoms with Crippen molar-refractivity contribution in [3.05, 3.63) is 77.3 Å². The molecule has 2 heterocycles. The van der Waals surface area contributed by atoms with Crippen LogP contribution in [0.1, 0.15) is 0 Å². The molecule has 2 aromatic carbocycles. The van der Waals surface area contributed by atoms with E-state index in [4.69, 9.17) is 4.74 Å². The fourth-order valence-electron chi connectivity index (χ4n) is 2.83. The maximum Gasteiger partial charge on any atom is 0.384 e. The van der Waals surface area contributed by atoms with Crippen molar-refractivity contribution in [1.82, 2.24) is 14.7 Å². The summed E-state index contributed by atoms with van der Waals surface area (Å²) >= 11 is 0. The van der Waals surface area contributed by atoms with Gasteiger partial charge in [-0.2, -0.15) is 4.98 Å². The molecule has 0 saturated heterocycles. The highest BCUT2D eigenvalue weighted by atomic mass is 16.5. The number of rotatable bonds is 4. The topological polar surface area (TPSA) is 89.3 Å². The van der Waals surface area contributed by atoms with Gasteiger partial charge in [-0.25, -0.2) is 9.78 Å². The largest absolute Gasteiger partial charge is 0.497 e. The summed E-state index contributed by atoms with van der Waals surface area (Å²) in [4.78, 5) is 19.8. The molecule has 4 rings (SSSR count). The van der Waals surface area contributed by atoms with Crippen molar-refractivity contribution in [2.45, 2.75) is 0 Å². The summed E-state index contributed by atoms with van der Waals surface area (Å²) in [7, 11) is 1.64. The number of hydrogen-bond donors (Lipinski definition) is 2. The van der Waals surface area contributed by atoms with Gasteiger partial charge in [-0.1, -0.05) is 24.3 Å². The van der Waals surface area contributed by atoms with Crippen LogP contribution in [0.25, 0.3) is 22.2 Å². The summed E-state index contributed by atoms with van der Waals surface area (Å²) in [6, 6.07) is 19.0. The molecule has 0 unspecified atom stereocenters. The Kier molecular flexibility index (Phi) is 4.18. The van der Waals surface area contributed by atoms with Gasteiger partial charge in [-0.05, 0) is 47.5 Å². The third kappa shape index (κ3) is 3.18. The van der Waals surface area contributed by atoms with E-state index in [9.17, 15) is 10.0 Å². The van der Waals surface area contributed by atoms with E-state index in [0.717, 1.165) is 22.6 Å². The van der Waals surface area contributed by atoms with E-state index in [2.05, 4.69) is 15.3 Å². The Morgan fingerprint density at radius 3 is 2.63 bits per heavy atom. The second kappa shape index (κ2) is 6.80. The number of pyridine rings is 1. The third-order valence-corrected chi connectivity index (χ3v) is 4.18. The molecule has 134 valence electrons. The molecule has 2 N–H and O–H groups in total. The monoisotopic (exact) mass is 360 g/mol. The summed E-state index contributed by atoms with van der Waals surface area (Å²) < 4.78 is 5.70. The number of fused-ring (bicyclic) bond motifs is 1. The van der Waals surface area contributed by atoms with Crippen LogP contribution in [0.4, 0.5) is 11.5 Å². The number of ether oxygens (including phenoxy) is 1. The molecular weight excluding hydrogens is 344 g/mol. The zero-order valence-electron chi connectivity index (χ0n) is 14.5. The van der Waals surface area contributed by atoms with E-state index in [1.54, 1.807) is 19.2 Å². The summed E-state index contributed by atoms with van der Waals surface area (Å²) in [5, 5.41) is 13.4. The molecule has 0 fully saturated rings. The van der Waals surface area contributed by atoms with Gasteiger partial charge in [0.25, 0.3) is 0 Å². The predicted octanol–water partition coefficient (Wildman–Crippen LogP) is 3.45. The molecule has 27 heavy (non-hydrogen) atoms. The highest BCUT2D eigenvalue weighted by molar-refractivity contribution is 5.88. The van der Waals surface area contributed by atoms with Crippen molar-refractivity contribution >= 4 is 22.5 Å². The van der Waals surface area contributed by atoms with E-state index in [0.29, 0.717) is 15.9 Å². The van der Waals surface area contributed by atoms with E-state index in [1.807, 2.05) is 48.5 Å². The number of benzene rings is 2. The van der Waals surface area contributed by atoms with Crippen LogP contribution in [-0.4, -0.2) is 27.0 Å². The van der Waals surface area contributed by atoms with Crippen molar-refractivity contribution < 1.29 is 9.94 Å². The van der Waals surface area contributed by atoms with E-state index in [-0.39, 0.29) is 5.65 Å². The molecule has 0 radical (unpaired) electrons. The first-order chi connectivity index (χ1) is 13.2. The Morgan fingerprint density at radius 2 is 1.85 bits per heavy atom. The molecule has 4 aromatic rings. The molecule has 0 bridgehead atoms. The Bertz CT molecular complexity index is 1170. The van der Waals surface area contributed by atoms with Crippen LogP contribution in [0.5, 0.6) is 5.75 Å². The normalized spacial score (nSPS) is 10.7. The van der Waals surface area contributed by atoms with E-state index >= 15 is 0 Å². The van der Waals surface area contributed by atoms with Gasteiger partial charge in [0.05, 0.1) is 12.5 Å².